The van der Waals surface area contributed by atoms with Gasteiger partial charge in [-0.1, -0.05) is 23.7 Å². The number of fused-ring (bicyclic) bond motifs is 1. The molecule has 2 N–H and O–H groups in total. The SMILES string of the molecule is CCc1cc(Cl)c2nc(N3CC[C@@H](N)CC3C)c(-c3nc(C)no3)c(C)c2c1. The number of pyridine rings is 1. The number of nitrogens with two attached hydrogens (primary N) is 1. The van der Waals surface area contributed by atoms with Crippen LogP contribution < -0.4 is 10.6 Å². The smallest absolute Gasteiger partial charge is 0.261 e. The number of aryl methyl sites for hydroxylation is 3. The van der Waals surface area contributed by atoms with Crippen molar-refractivity contribution in [3.8, 4) is 11.5 Å². The molecule has 28 heavy (non-hydrogen) atoms. The molecule has 0 bridgehead atoms. The van der Waals surface area contributed by atoms with E-state index in [9.17, 15) is 0 Å². The van der Waals surface area contributed by atoms with Crippen LogP contribution in [0.4, 0.5) is 5.82 Å². The Morgan fingerprint density at radius 3 is 2.71 bits per heavy atom. The predicted molar refractivity (Wildman–Crippen MR) is 113 cm³/mol. The van der Waals surface area contributed by atoms with E-state index in [-0.39, 0.29) is 12.1 Å². The third-order valence-electron chi connectivity index (χ3n) is 5.68. The molecule has 148 valence electrons. The van der Waals surface area contributed by atoms with Crippen LogP contribution in [0, 0.1) is 13.8 Å². The molecule has 1 saturated heterocycles. The first kappa shape index (κ1) is 19.2. The van der Waals surface area contributed by atoms with E-state index in [1.807, 2.05) is 13.0 Å². The Morgan fingerprint density at radius 1 is 1.29 bits per heavy atom. The number of rotatable bonds is 3. The average Bonchev–Trinajstić information content (AvgIpc) is 3.08. The van der Waals surface area contributed by atoms with Crippen LogP contribution >= 0.6 is 11.6 Å². The second-order valence-corrected chi connectivity index (χ2v) is 8.14. The number of piperidine rings is 1. The van der Waals surface area contributed by atoms with Gasteiger partial charge in [-0.2, -0.15) is 4.98 Å². The number of benzene rings is 1. The molecule has 2 aromatic heterocycles. The minimum atomic E-state index is 0.220. The summed E-state index contributed by atoms with van der Waals surface area (Å²) in [6.45, 7) is 9.05. The van der Waals surface area contributed by atoms with Gasteiger partial charge >= 0.3 is 0 Å². The van der Waals surface area contributed by atoms with E-state index in [0.29, 0.717) is 16.7 Å². The molecule has 6 nitrogen and oxygen atoms in total. The fourth-order valence-electron chi connectivity index (χ4n) is 4.11. The van der Waals surface area contributed by atoms with Crippen molar-refractivity contribution in [1.29, 1.82) is 0 Å². The van der Waals surface area contributed by atoms with E-state index in [0.717, 1.165) is 53.7 Å². The molecule has 3 heterocycles. The highest BCUT2D eigenvalue weighted by Gasteiger charge is 2.30. The largest absolute Gasteiger partial charge is 0.353 e. The van der Waals surface area contributed by atoms with Gasteiger partial charge in [0.05, 0.1) is 16.1 Å². The van der Waals surface area contributed by atoms with Gasteiger partial charge in [0, 0.05) is 24.0 Å². The van der Waals surface area contributed by atoms with E-state index in [4.69, 9.17) is 26.8 Å². The van der Waals surface area contributed by atoms with Crippen molar-refractivity contribution in [2.24, 2.45) is 5.73 Å². The van der Waals surface area contributed by atoms with Crippen LogP contribution in [0.3, 0.4) is 0 Å². The summed E-state index contributed by atoms with van der Waals surface area (Å²) in [5, 5.41) is 5.71. The lowest BCUT2D eigenvalue weighted by atomic mass is 9.96. The summed E-state index contributed by atoms with van der Waals surface area (Å²) < 4.78 is 5.57. The summed E-state index contributed by atoms with van der Waals surface area (Å²) in [5.41, 5.74) is 10.1. The minimum Gasteiger partial charge on any atom is -0.353 e. The molecule has 0 radical (unpaired) electrons. The zero-order valence-corrected chi connectivity index (χ0v) is 17.5. The summed E-state index contributed by atoms with van der Waals surface area (Å²) in [6.07, 6.45) is 2.75. The van der Waals surface area contributed by atoms with Gasteiger partial charge in [0.2, 0.25) is 0 Å². The van der Waals surface area contributed by atoms with Crippen LogP contribution in [-0.2, 0) is 6.42 Å². The van der Waals surface area contributed by atoms with Gasteiger partial charge in [-0.05, 0) is 63.3 Å². The lowest BCUT2D eigenvalue weighted by Crippen LogP contribution is -2.46. The number of aromatic nitrogens is 3. The number of anilines is 1. The molecule has 2 atom stereocenters. The standard InChI is InChI=1S/C21H26ClN5O/c1-5-14-9-16-12(3)18(21-24-13(4)26-28-21)20(25-19(16)17(22)10-14)27-7-6-15(23)8-11(27)2/h9-11,15H,5-8,23H2,1-4H3/t11?,15-/m1/s1. The Labute approximate surface area is 170 Å². The summed E-state index contributed by atoms with van der Waals surface area (Å²) in [6, 6.07) is 4.66. The fraction of sp³-hybridized carbons (Fsp3) is 0.476. The van der Waals surface area contributed by atoms with Crippen LogP contribution in [0.25, 0.3) is 22.4 Å². The lowest BCUT2D eigenvalue weighted by molar-refractivity contribution is 0.420. The van der Waals surface area contributed by atoms with Crippen molar-refractivity contribution >= 4 is 28.3 Å². The average molecular weight is 400 g/mol. The van der Waals surface area contributed by atoms with Crippen LogP contribution in [0.15, 0.2) is 16.7 Å². The highest BCUT2D eigenvalue weighted by molar-refractivity contribution is 6.35. The Morgan fingerprint density at radius 2 is 2.07 bits per heavy atom. The molecule has 0 spiro atoms. The van der Waals surface area contributed by atoms with Gasteiger partial charge in [0.15, 0.2) is 5.82 Å². The van der Waals surface area contributed by atoms with Gasteiger partial charge < -0.3 is 15.2 Å². The van der Waals surface area contributed by atoms with Crippen molar-refractivity contribution in [3.05, 3.63) is 34.1 Å². The molecule has 0 aliphatic carbocycles. The molecule has 4 rings (SSSR count). The lowest BCUT2D eigenvalue weighted by Gasteiger charge is -2.38. The van der Waals surface area contributed by atoms with Crippen molar-refractivity contribution in [2.75, 3.05) is 11.4 Å². The van der Waals surface area contributed by atoms with E-state index in [1.165, 1.54) is 5.56 Å². The zero-order valence-electron chi connectivity index (χ0n) is 16.8. The molecule has 7 heteroatoms. The van der Waals surface area contributed by atoms with E-state index < -0.39 is 0 Å². The summed E-state index contributed by atoms with van der Waals surface area (Å²) >= 11 is 6.63. The Hall–Kier alpha value is -2.18. The van der Waals surface area contributed by atoms with Crippen molar-refractivity contribution < 1.29 is 4.52 Å². The summed E-state index contributed by atoms with van der Waals surface area (Å²) in [4.78, 5) is 11.8. The molecular weight excluding hydrogens is 374 g/mol. The third kappa shape index (κ3) is 3.25. The fourth-order valence-corrected chi connectivity index (χ4v) is 4.39. The maximum Gasteiger partial charge on any atom is 0.261 e. The van der Waals surface area contributed by atoms with Crippen LogP contribution in [-0.4, -0.2) is 33.8 Å². The van der Waals surface area contributed by atoms with Gasteiger partial charge in [-0.25, -0.2) is 4.98 Å². The van der Waals surface area contributed by atoms with Crippen molar-refractivity contribution in [3.63, 3.8) is 0 Å². The Kier molecular flexibility index (Phi) is 5.02. The first-order valence-electron chi connectivity index (χ1n) is 9.84. The number of hydrogen-bond donors (Lipinski definition) is 1. The van der Waals surface area contributed by atoms with E-state index >= 15 is 0 Å². The van der Waals surface area contributed by atoms with Gasteiger partial charge in [-0.3, -0.25) is 0 Å². The van der Waals surface area contributed by atoms with Gasteiger partial charge in [0.1, 0.15) is 5.82 Å². The molecule has 0 amide bonds. The molecule has 1 aromatic carbocycles. The summed E-state index contributed by atoms with van der Waals surface area (Å²) in [5.74, 6) is 1.95. The zero-order chi connectivity index (χ0) is 20.0. The topological polar surface area (TPSA) is 81.1 Å². The maximum atomic E-state index is 6.63. The maximum absolute atomic E-state index is 6.63. The quantitative estimate of drug-likeness (QED) is 0.701. The van der Waals surface area contributed by atoms with Crippen LogP contribution in [0.2, 0.25) is 5.02 Å². The number of halogens is 1. The predicted octanol–water partition coefficient (Wildman–Crippen LogP) is 4.43. The Balaban J connectivity index is 2.00. The third-order valence-corrected chi connectivity index (χ3v) is 5.97. The summed E-state index contributed by atoms with van der Waals surface area (Å²) in [7, 11) is 0. The second-order valence-electron chi connectivity index (χ2n) is 7.74. The normalized spacial score (nSPS) is 20.1. The van der Waals surface area contributed by atoms with Crippen LogP contribution in [0.1, 0.15) is 43.6 Å². The number of hydrogen-bond acceptors (Lipinski definition) is 6. The first-order valence-corrected chi connectivity index (χ1v) is 10.2. The second kappa shape index (κ2) is 7.33. The minimum absolute atomic E-state index is 0.220. The Bertz CT molecular complexity index is 1030. The first-order chi connectivity index (χ1) is 13.4. The molecule has 1 aliphatic heterocycles. The molecular formula is C21H26ClN5O. The van der Waals surface area contributed by atoms with Crippen LogP contribution in [0.5, 0.6) is 0 Å². The molecule has 0 saturated carbocycles. The van der Waals surface area contributed by atoms with Crippen molar-refractivity contribution in [1.82, 2.24) is 15.1 Å². The molecule has 1 aliphatic rings. The molecule has 1 unspecified atom stereocenters. The highest BCUT2D eigenvalue weighted by atomic mass is 35.5. The molecule has 3 aromatic rings. The van der Waals surface area contributed by atoms with Gasteiger partial charge in [-0.15, -0.1) is 0 Å². The van der Waals surface area contributed by atoms with Crippen molar-refractivity contribution in [2.45, 2.75) is 59.0 Å². The molecule has 1 fully saturated rings. The van der Waals surface area contributed by atoms with Gasteiger partial charge in [0.25, 0.3) is 5.89 Å². The highest BCUT2D eigenvalue weighted by Crippen LogP contribution is 2.40. The van der Waals surface area contributed by atoms with E-state index in [1.54, 1.807) is 0 Å². The number of nitrogens with zero attached hydrogens (tertiary/aromatic N) is 4. The monoisotopic (exact) mass is 399 g/mol. The van der Waals surface area contributed by atoms with E-state index in [2.05, 4.69) is 41.9 Å².